The highest BCUT2D eigenvalue weighted by Gasteiger charge is 2.23. The highest BCUT2D eigenvalue weighted by atomic mass is 16.4. The van der Waals surface area contributed by atoms with Crippen molar-refractivity contribution in [2.75, 3.05) is 19.7 Å². The summed E-state index contributed by atoms with van der Waals surface area (Å²) in [5, 5.41) is 39.6. The number of aliphatic hydroxyl groups excluding tert-OH is 4. The molecule has 0 heterocycles. The molecule has 0 aliphatic heterocycles. The summed E-state index contributed by atoms with van der Waals surface area (Å²) in [4.78, 5) is 0. The van der Waals surface area contributed by atoms with E-state index in [9.17, 15) is 10.2 Å². The van der Waals surface area contributed by atoms with Crippen LogP contribution in [0.15, 0.2) is 0 Å². The van der Waals surface area contributed by atoms with Crippen molar-refractivity contribution in [1.29, 1.82) is 0 Å². The summed E-state index contributed by atoms with van der Waals surface area (Å²) < 4.78 is 0. The molecule has 5 nitrogen and oxygen atoms in total. The third-order valence-corrected chi connectivity index (χ3v) is 2.49. The Morgan fingerprint density at radius 1 is 0.938 bits per heavy atom. The van der Waals surface area contributed by atoms with Crippen molar-refractivity contribution >= 4 is 0 Å². The maximum Gasteiger partial charge on any atom is 0.108 e. The molecule has 98 valence electrons. The highest BCUT2D eigenvalue weighted by Crippen LogP contribution is 2.03. The second-order valence-corrected chi connectivity index (χ2v) is 4.53. The molecule has 0 fully saturated rings. The van der Waals surface area contributed by atoms with Crippen LogP contribution in [0.25, 0.3) is 0 Å². The minimum atomic E-state index is -1.28. The first kappa shape index (κ1) is 15.8. The Balaban J connectivity index is 3.53. The first-order valence-corrected chi connectivity index (χ1v) is 5.84. The van der Waals surface area contributed by atoms with Gasteiger partial charge in [0.05, 0.1) is 12.7 Å². The van der Waals surface area contributed by atoms with E-state index in [1.165, 1.54) is 0 Å². The average molecular weight is 235 g/mol. The molecule has 0 aliphatic carbocycles. The predicted molar refractivity (Wildman–Crippen MR) is 62.0 cm³/mol. The van der Waals surface area contributed by atoms with Crippen LogP contribution in [0.2, 0.25) is 0 Å². The zero-order valence-corrected chi connectivity index (χ0v) is 10.1. The second-order valence-electron chi connectivity index (χ2n) is 4.53. The molecule has 0 rings (SSSR count). The maximum atomic E-state index is 9.47. The van der Waals surface area contributed by atoms with E-state index < -0.39 is 24.9 Å². The van der Waals surface area contributed by atoms with Crippen LogP contribution in [-0.4, -0.2) is 58.4 Å². The number of hydrogen-bond donors (Lipinski definition) is 5. The van der Waals surface area contributed by atoms with Gasteiger partial charge in [0.25, 0.3) is 0 Å². The van der Waals surface area contributed by atoms with Gasteiger partial charge in [-0.15, -0.1) is 0 Å². The molecular formula is C11H25NO4. The SMILES string of the molecule is CC(C)CCNCCC(O)C(O)C(O)CO. The zero-order chi connectivity index (χ0) is 12.6. The number of hydrogen-bond acceptors (Lipinski definition) is 5. The first-order valence-electron chi connectivity index (χ1n) is 5.84. The van der Waals surface area contributed by atoms with Gasteiger partial charge in [0.2, 0.25) is 0 Å². The van der Waals surface area contributed by atoms with Crippen LogP contribution in [0.3, 0.4) is 0 Å². The molecule has 0 bridgehead atoms. The fourth-order valence-electron chi connectivity index (χ4n) is 1.30. The van der Waals surface area contributed by atoms with Crippen molar-refractivity contribution in [3.05, 3.63) is 0 Å². The molecule has 0 saturated carbocycles. The van der Waals surface area contributed by atoms with Gasteiger partial charge in [0.15, 0.2) is 0 Å². The summed E-state index contributed by atoms with van der Waals surface area (Å²) >= 11 is 0. The highest BCUT2D eigenvalue weighted by molar-refractivity contribution is 4.75. The van der Waals surface area contributed by atoms with Gasteiger partial charge in [-0.05, 0) is 31.8 Å². The molecule has 5 N–H and O–H groups in total. The maximum absolute atomic E-state index is 9.47. The lowest BCUT2D eigenvalue weighted by atomic mass is 10.1. The standard InChI is InChI=1S/C11H25NO4/c1-8(2)3-5-12-6-4-9(14)11(16)10(15)7-13/h8-16H,3-7H2,1-2H3. The van der Waals surface area contributed by atoms with Crippen LogP contribution in [0.4, 0.5) is 0 Å². The number of aliphatic hydroxyl groups is 4. The topological polar surface area (TPSA) is 93.0 Å². The molecule has 0 radical (unpaired) electrons. The third kappa shape index (κ3) is 7.14. The van der Waals surface area contributed by atoms with E-state index in [4.69, 9.17) is 10.2 Å². The van der Waals surface area contributed by atoms with Gasteiger partial charge in [0, 0.05) is 0 Å². The number of rotatable bonds is 9. The second kappa shape index (κ2) is 8.90. The summed E-state index contributed by atoms with van der Waals surface area (Å²) in [5.74, 6) is 0.638. The Morgan fingerprint density at radius 3 is 2.00 bits per heavy atom. The van der Waals surface area contributed by atoms with E-state index >= 15 is 0 Å². The predicted octanol–water partition coefficient (Wildman–Crippen LogP) is -0.913. The molecule has 0 aromatic carbocycles. The Bertz CT molecular complexity index is 166. The molecule has 0 saturated heterocycles. The van der Waals surface area contributed by atoms with E-state index in [0.717, 1.165) is 13.0 Å². The van der Waals surface area contributed by atoms with Crippen LogP contribution in [0.5, 0.6) is 0 Å². The quantitative estimate of drug-likeness (QED) is 0.334. The van der Waals surface area contributed by atoms with Gasteiger partial charge in [-0.2, -0.15) is 0 Å². The van der Waals surface area contributed by atoms with Crippen LogP contribution >= 0.6 is 0 Å². The van der Waals surface area contributed by atoms with E-state index in [1.807, 2.05) is 0 Å². The van der Waals surface area contributed by atoms with Gasteiger partial charge in [0.1, 0.15) is 12.2 Å². The summed E-state index contributed by atoms with van der Waals surface area (Å²) in [5.41, 5.74) is 0. The average Bonchev–Trinajstić information content (AvgIpc) is 2.25. The molecular weight excluding hydrogens is 210 g/mol. The van der Waals surface area contributed by atoms with Crippen molar-refractivity contribution < 1.29 is 20.4 Å². The summed E-state index contributed by atoms with van der Waals surface area (Å²) in [6.45, 7) is 5.20. The minimum Gasteiger partial charge on any atom is -0.394 e. The van der Waals surface area contributed by atoms with E-state index in [0.29, 0.717) is 18.9 Å². The number of nitrogens with one attached hydrogen (secondary N) is 1. The zero-order valence-electron chi connectivity index (χ0n) is 10.1. The van der Waals surface area contributed by atoms with E-state index in [-0.39, 0.29) is 0 Å². The minimum absolute atomic E-state index is 0.357. The summed E-state index contributed by atoms with van der Waals surface area (Å²) in [6.07, 6.45) is -2.13. The van der Waals surface area contributed by atoms with Crippen molar-refractivity contribution in [3.8, 4) is 0 Å². The molecule has 3 unspecified atom stereocenters. The van der Waals surface area contributed by atoms with E-state index in [1.54, 1.807) is 0 Å². The lowest BCUT2D eigenvalue weighted by molar-refractivity contribution is -0.0778. The van der Waals surface area contributed by atoms with Gasteiger partial charge in [-0.3, -0.25) is 0 Å². The fraction of sp³-hybridized carbons (Fsp3) is 1.00. The Kier molecular flexibility index (Phi) is 8.78. The monoisotopic (exact) mass is 235 g/mol. The van der Waals surface area contributed by atoms with Gasteiger partial charge in [-0.1, -0.05) is 13.8 Å². The van der Waals surface area contributed by atoms with Crippen molar-refractivity contribution in [2.24, 2.45) is 5.92 Å². The smallest absolute Gasteiger partial charge is 0.108 e. The van der Waals surface area contributed by atoms with E-state index in [2.05, 4.69) is 19.2 Å². The molecule has 5 heteroatoms. The molecule has 16 heavy (non-hydrogen) atoms. The first-order chi connectivity index (χ1) is 7.49. The van der Waals surface area contributed by atoms with Crippen LogP contribution < -0.4 is 5.32 Å². The lowest BCUT2D eigenvalue weighted by Crippen LogP contribution is -2.40. The van der Waals surface area contributed by atoms with Gasteiger partial charge in [-0.25, -0.2) is 0 Å². The molecule has 3 atom stereocenters. The summed E-state index contributed by atoms with van der Waals surface area (Å²) in [6, 6.07) is 0. The van der Waals surface area contributed by atoms with Crippen molar-refractivity contribution in [3.63, 3.8) is 0 Å². The van der Waals surface area contributed by atoms with Crippen LogP contribution in [0, 0.1) is 5.92 Å². The molecule has 0 aliphatic rings. The van der Waals surface area contributed by atoms with Crippen LogP contribution in [0.1, 0.15) is 26.7 Å². The Labute approximate surface area is 97.1 Å². The fourth-order valence-corrected chi connectivity index (χ4v) is 1.30. The normalized spacial score (nSPS) is 17.4. The molecule has 0 aromatic rings. The molecule has 0 spiro atoms. The summed E-state index contributed by atoms with van der Waals surface area (Å²) in [7, 11) is 0. The van der Waals surface area contributed by atoms with Crippen molar-refractivity contribution in [2.45, 2.75) is 45.0 Å². The molecule has 0 amide bonds. The lowest BCUT2D eigenvalue weighted by Gasteiger charge is -2.21. The van der Waals surface area contributed by atoms with Gasteiger partial charge >= 0.3 is 0 Å². The third-order valence-electron chi connectivity index (χ3n) is 2.49. The van der Waals surface area contributed by atoms with Gasteiger partial charge < -0.3 is 25.7 Å². The van der Waals surface area contributed by atoms with Crippen molar-refractivity contribution in [1.82, 2.24) is 5.32 Å². The largest absolute Gasteiger partial charge is 0.394 e. The molecule has 0 aromatic heterocycles. The Hall–Kier alpha value is -0.200. The van der Waals surface area contributed by atoms with Crippen LogP contribution in [-0.2, 0) is 0 Å². The Morgan fingerprint density at radius 2 is 1.50 bits per heavy atom.